The summed E-state index contributed by atoms with van der Waals surface area (Å²) in [6.07, 6.45) is -1.21. The molecule has 0 aliphatic carbocycles. The normalized spacial score (nSPS) is 12.2. The summed E-state index contributed by atoms with van der Waals surface area (Å²) in [6.45, 7) is 6.61. The average Bonchev–Trinajstić information content (AvgIpc) is 3.03. The Morgan fingerprint density at radius 1 is 1.07 bits per heavy atom. The zero-order valence-corrected chi connectivity index (χ0v) is 15.5. The maximum Gasteiger partial charge on any atom is 0.375 e. The number of carbonyl (C=O) groups is 3. The van der Waals surface area contributed by atoms with E-state index in [4.69, 9.17) is 9.15 Å². The Kier molecular flexibility index (Phi) is 5.99. The second-order valence-electron chi connectivity index (χ2n) is 6.91. The fraction of sp³-hybridized carbons (Fsp3) is 0.316. The summed E-state index contributed by atoms with van der Waals surface area (Å²) < 4.78 is 23.4. The number of benzene rings is 1. The summed E-state index contributed by atoms with van der Waals surface area (Å²) in [6, 6.07) is 7.78. The first-order valence-corrected chi connectivity index (χ1v) is 8.25. The Hall–Kier alpha value is -3.16. The Morgan fingerprint density at radius 3 is 2.30 bits per heavy atom. The second-order valence-corrected chi connectivity index (χ2v) is 6.91. The first kappa shape index (κ1) is 20.2. The molecule has 1 aromatic heterocycles. The Balaban J connectivity index is 1.95. The van der Waals surface area contributed by atoms with Crippen LogP contribution in [0.1, 0.15) is 38.2 Å². The third-order valence-corrected chi connectivity index (χ3v) is 3.31. The number of halogens is 1. The van der Waals surface area contributed by atoms with Crippen molar-refractivity contribution in [2.75, 3.05) is 0 Å². The molecule has 8 heteroatoms. The van der Waals surface area contributed by atoms with Gasteiger partial charge in [0.2, 0.25) is 5.76 Å². The lowest BCUT2D eigenvalue weighted by Crippen LogP contribution is -2.50. The van der Waals surface area contributed by atoms with Crippen molar-refractivity contribution < 1.29 is 27.9 Å². The van der Waals surface area contributed by atoms with Crippen LogP contribution in [-0.2, 0) is 9.53 Å². The van der Waals surface area contributed by atoms with E-state index >= 15 is 0 Å². The van der Waals surface area contributed by atoms with E-state index in [1.54, 1.807) is 20.8 Å². The maximum absolute atomic E-state index is 13.0. The molecule has 7 nitrogen and oxygen atoms in total. The molecule has 27 heavy (non-hydrogen) atoms. The molecule has 0 bridgehead atoms. The lowest BCUT2D eigenvalue weighted by atomic mass is 10.1. The van der Waals surface area contributed by atoms with E-state index in [1.165, 1.54) is 43.3 Å². The van der Waals surface area contributed by atoms with Gasteiger partial charge in [-0.1, -0.05) is 0 Å². The molecule has 1 atom stereocenters. The van der Waals surface area contributed by atoms with Gasteiger partial charge in [-0.15, -0.1) is 0 Å². The second kappa shape index (κ2) is 8.03. The first-order chi connectivity index (χ1) is 12.5. The smallest absolute Gasteiger partial charge is 0.375 e. The zero-order valence-electron chi connectivity index (χ0n) is 15.5. The Labute approximate surface area is 155 Å². The number of furan rings is 1. The van der Waals surface area contributed by atoms with Crippen molar-refractivity contribution in [3.63, 3.8) is 0 Å². The number of ether oxygens (including phenoxy) is 1. The van der Waals surface area contributed by atoms with Crippen LogP contribution in [-0.4, -0.2) is 29.6 Å². The van der Waals surface area contributed by atoms with Crippen molar-refractivity contribution in [1.82, 2.24) is 10.6 Å². The van der Waals surface area contributed by atoms with Gasteiger partial charge in [0.15, 0.2) is 6.10 Å². The van der Waals surface area contributed by atoms with Crippen molar-refractivity contribution >= 4 is 17.9 Å². The molecule has 2 rings (SSSR count). The molecule has 0 spiro atoms. The lowest BCUT2D eigenvalue weighted by Gasteiger charge is -2.21. The number of esters is 1. The number of carbonyl (C=O) groups excluding carboxylic acids is 3. The van der Waals surface area contributed by atoms with Crippen LogP contribution in [0.25, 0.3) is 11.3 Å². The molecule has 0 saturated heterocycles. The summed E-state index contributed by atoms with van der Waals surface area (Å²) in [4.78, 5) is 35.8. The molecule has 3 amide bonds. The van der Waals surface area contributed by atoms with Gasteiger partial charge in [0, 0.05) is 11.1 Å². The number of urea groups is 1. The average molecular weight is 376 g/mol. The van der Waals surface area contributed by atoms with Crippen LogP contribution in [0.2, 0.25) is 0 Å². The highest BCUT2D eigenvalue weighted by molar-refractivity contribution is 5.98. The number of rotatable bonds is 4. The van der Waals surface area contributed by atoms with Gasteiger partial charge in [0.25, 0.3) is 5.91 Å². The fourth-order valence-corrected chi connectivity index (χ4v) is 2.07. The Bertz CT molecular complexity index is 837. The fourth-order valence-electron chi connectivity index (χ4n) is 2.07. The van der Waals surface area contributed by atoms with E-state index in [-0.39, 0.29) is 11.6 Å². The molecular weight excluding hydrogens is 355 g/mol. The highest BCUT2D eigenvalue weighted by Gasteiger charge is 2.24. The van der Waals surface area contributed by atoms with Crippen LogP contribution < -0.4 is 10.6 Å². The minimum atomic E-state index is -1.21. The summed E-state index contributed by atoms with van der Waals surface area (Å²) in [5.74, 6) is -1.78. The molecule has 0 aliphatic heterocycles. The van der Waals surface area contributed by atoms with E-state index in [9.17, 15) is 18.8 Å². The predicted molar refractivity (Wildman–Crippen MR) is 95.4 cm³/mol. The lowest BCUT2D eigenvalue weighted by molar-refractivity contribution is -0.128. The van der Waals surface area contributed by atoms with Crippen molar-refractivity contribution in [1.29, 1.82) is 0 Å². The molecule has 2 N–H and O–H groups in total. The molecule has 2 aromatic rings. The van der Waals surface area contributed by atoms with Crippen LogP contribution in [0.3, 0.4) is 0 Å². The predicted octanol–water partition coefficient (Wildman–Crippen LogP) is 3.26. The van der Waals surface area contributed by atoms with E-state index in [0.717, 1.165) is 0 Å². The van der Waals surface area contributed by atoms with Crippen molar-refractivity contribution in [3.05, 3.63) is 48.0 Å². The largest absolute Gasteiger partial charge is 0.449 e. The summed E-state index contributed by atoms with van der Waals surface area (Å²) in [5.41, 5.74) is 0.0648. The van der Waals surface area contributed by atoms with Crippen molar-refractivity contribution in [3.8, 4) is 11.3 Å². The van der Waals surface area contributed by atoms with E-state index < -0.39 is 29.6 Å². The number of nitrogens with one attached hydrogen (secondary N) is 2. The summed E-state index contributed by atoms with van der Waals surface area (Å²) >= 11 is 0. The third-order valence-electron chi connectivity index (χ3n) is 3.31. The van der Waals surface area contributed by atoms with Gasteiger partial charge >= 0.3 is 12.0 Å². The molecule has 0 aliphatic rings. The van der Waals surface area contributed by atoms with Gasteiger partial charge in [0.1, 0.15) is 11.6 Å². The molecule has 1 aromatic carbocycles. The molecule has 0 unspecified atom stereocenters. The third kappa shape index (κ3) is 5.95. The van der Waals surface area contributed by atoms with Gasteiger partial charge in [-0.3, -0.25) is 10.1 Å². The van der Waals surface area contributed by atoms with Crippen LogP contribution in [0.5, 0.6) is 0 Å². The monoisotopic (exact) mass is 376 g/mol. The highest BCUT2D eigenvalue weighted by Crippen LogP contribution is 2.23. The molecular formula is C19H21FN2O5. The van der Waals surface area contributed by atoms with Gasteiger partial charge in [0.05, 0.1) is 0 Å². The number of hydrogen-bond acceptors (Lipinski definition) is 5. The Morgan fingerprint density at radius 2 is 1.70 bits per heavy atom. The van der Waals surface area contributed by atoms with Crippen LogP contribution >= 0.6 is 0 Å². The molecule has 1 heterocycles. The summed E-state index contributed by atoms with van der Waals surface area (Å²) in [7, 11) is 0. The van der Waals surface area contributed by atoms with Gasteiger partial charge in [-0.05, 0) is 64.1 Å². The topological polar surface area (TPSA) is 97.6 Å². The molecule has 0 radical (unpaired) electrons. The highest BCUT2D eigenvalue weighted by atomic mass is 19.1. The minimum absolute atomic E-state index is 0.117. The summed E-state index contributed by atoms with van der Waals surface area (Å²) in [5, 5.41) is 4.66. The maximum atomic E-state index is 13.0. The first-order valence-electron chi connectivity index (χ1n) is 8.25. The van der Waals surface area contributed by atoms with E-state index in [2.05, 4.69) is 10.6 Å². The van der Waals surface area contributed by atoms with Crippen molar-refractivity contribution in [2.45, 2.75) is 39.3 Å². The molecule has 0 fully saturated rings. The zero-order chi connectivity index (χ0) is 20.2. The van der Waals surface area contributed by atoms with Gasteiger partial charge < -0.3 is 14.5 Å². The van der Waals surface area contributed by atoms with Crippen LogP contribution in [0, 0.1) is 5.82 Å². The van der Waals surface area contributed by atoms with Crippen molar-refractivity contribution in [2.24, 2.45) is 0 Å². The standard InChI is InChI=1S/C19H21FN2O5/c1-11(16(23)21-18(25)22-19(2,3)4)26-17(24)15-10-9-14(27-15)12-5-7-13(20)8-6-12/h5-11H,1-4H3,(H2,21,22,23,25)/t11-/m1/s1. The minimum Gasteiger partial charge on any atom is -0.449 e. The SMILES string of the molecule is C[C@@H](OC(=O)c1ccc(-c2ccc(F)cc2)o1)C(=O)NC(=O)NC(C)(C)C. The molecule has 144 valence electrons. The van der Waals surface area contributed by atoms with Gasteiger partial charge in [-0.2, -0.15) is 0 Å². The van der Waals surface area contributed by atoms with Crippen LogP contribution in [0.4, 0.5) is 9.18 Å². The number of amides is 3. The number of hydrogen-bond donors (Lipinski definition) is 2. The van der Waals surface area contributed by atoms with Gasteiger partial charge in [-0.25, -0.2) is 14.0 Å². The van der Waals surface area contributed by atoms with Crippen LogP contribution in [0.15, 0.2) is 40.8 Å². The quantitative estimate of drug-likeness (QED) is 0.798. The number of imide groups is 1. The van der Waals surface area contributed by atoms with E-state index in [1.807, 2.05) is 0 Å². The molecule has 0 saturated carbocycles. The van der Waals surface area contributed by atoms with E-state index in [0.29, 0.717) is 11.3 Å².